The van der Waals surface area contributed by atoms with Crippen molar-refractivity contribution < 1.29 is 9.13 Å². The molecule has 5 rings (SSSR count). The van der Waals surface area contributed by atoms with Crippen LogP contribution in [0.25, 0.3) is 11.3 Å². The van der Waals surface area contributed by atoms with Gasteiger partial charge in [-0.2, -0.15) is 0 Å². The molecule has 2 aromatic rings. The normalized spacial score (nSPS) is 27.9. The molecule has 0 radical (unpaired) electrons. The van der Waals surface area contributed by atoms with Crippen LogP contribution in [0, 0.1) is 17.7 Å². The molecule has 0 bridgehead atoms. The molecule has 7 heteroatoms. The van der Waals surface area contributed by atoms with Gasteiger partial charge in [0.25, 0.3) is 0 Å². The van der Waals surface area contributed by atoms with Crippen LogP contribution in [0.1, 0.15) is 25.7 Å². The maximum absolute atomic E-state index is 13.5. The molecule has 2 aliphatic heterocycles. The third-order valence-electron chi connectivity index (χ3n) is 6.71. The van der Waals surface area contributed by atoms with Crippen molar-refractivity contribution >= 4 is 17.4 Å². The Morgan fingerprint density at radius 1 is 1.03 bits per heavy atom. The fourth-order valence-corrected chi connectivity index (χ4v) is 5.47. The SMILES string of the molecule is Fc1ccc(Cl)c(-c2ccc(N[C@@H]3C[C@@H]4CN(C5CCOCC5)C[C@@H]4C3)nn2)c1. The minimum absolute atomic E-state index is 0.333. The fraction of sp³-hybridized carbons (Fsp3) is 0.545. The summed E-state index contributed by atoms with van der Waals surface area (Å²) in [6, 6.07) is 9.19. The Hall–Kier alpha value is -1.76. The van der Waals surface area contributed by atoms with Crippen LogP contribution in [0.5, 0.6) is 0 Å². The second-order valence-corrected chi connectivity index (χ2v) is 8.97. The number of nitrogens with one attached hydrogen (secondary N) is 1. The average Bonchev–Trinajstić information content (AvgIpc) is 3.30. The highest BCUT2D eigenvalue weighted by atomic mass is 35.5. The van der Waals surface area contributed by atoms with E-state index in [4.69, 9.17) is 16.3 Å². The predicted octanol–water partition coefficient (Wildman–Crippen LogP) is 4.24. The quantitative estimate of drug-likeness (QED) is 0.807. The molecule has 5 nitrogen and oxygen atoms in total. The molecule has 154 valence electrons. The summed E-state index contributed by atoms with van der Waals surface area (Å²) in [7, 11) is 0. The predicted molar refractivity (Wildman–Crippen MR) is 111 cm³/mol. The number of likely N-dealkylation sites (tertiary alicyclic amines) is 1. The molecule has 3 atom stereocenters. The molecule has 1 N–H and O–H groups in total. The monoisotopic (exact) mass is 416 g/mol. The van der Waals surface area contributed by atoms with E-state index in [0.29, 0.717) is 28.4 Å². The zero-order valence-electron chi connectivity index (χ0n) is 16.4. The van der Waals surface area contributed by atoms with E-state index in [1.54, 1.807) is 6.07 Å². The number of benzene rings is 1. The number of anilines is 1. The molecule has 0 amide bonds. The zero-order chi connectivity index (χ0) is 19.8. The van der Waals surface area contributed by atoms with Gasteiger partial charge in [-0.15, -0.1) is 10.2 Å². The maximum atomic E-state index is 13.5. The van der Waals surface area contributed by atoms with E-state index in [-0.39, 0.29) is 5.82 Å². The van der Waals surface area contributed by atoms with Gasteiger partial charge >= 0.3 is 0 Å². The number of hydrogen-bond donors (Lipinski definition) is 1. The summed E-state index contributed by atoms with van der Waals surface area (Å²) in [6.45, 7) is 4.26. The molecule has 3 aliphatic rings. The van der Waals surface area contributed by atoms with Gasteiger partial charge in [0, 0.05) is 44.0 Å². The molecule has 1 saturated carbocycles. The topological polar surface area (TPSA) is 50.3 Å². The van der Waals surface area contributed by atoms with Gasteiger partial charge in [0.15, 0.2) is 0 Å². The van der Waals surface area contributed by atoms with E-state index >= 15 is 0 Å². The first-order valence-corrected chi connectivity index (χ1v) is 10.9. The fourth-order valence-electron chi connectivity index (χ4n) is 5.26. The molecular weight excluding hydrogens is 391 g/mol. The second-order valence-electron chi connectivity index (χ2n) is 8.56. The van der Waals surface area contributed by atoms with Crippen molar-refractivity contribution in [2.24, 2.45) is 11.8 Å². The van der Waals surface area contributed by atoms with Crippen LogP contribution >= 0.6 is 11.6 Å². The summed E-state index contributed by atoms with van der Waals surface area (Å²) in [5, 5.41) is 12.6. The Balaban J connectivity index is 1.18. The number of aromatic nitrogens is 2. The van der Waals surface area contributed by atoms with Crippen molar-refractivity contribution in [3.8, 4) is 11.3 Å². The summed E-state index contributed by atoms with van der Waals surface area (Å²) in [5.41, 5.74) is 1.14. The van der Waals surface area contributed by atoms with Crippen molar-refractivity contribution in [2.45, 2.75) is 37.8 Å². The van der Waals surface area contributed by atoms with Crippen LogP contribution in [-0.2, 0) is 4.74 Å². The molecule has 1 aromatic carbocycles. The van der Waals surface area contributed by atoms with Gasteiger partial charge in [0.1, 0.15) is 11.6 Å². The molecule has 29 heavy (non-hydrogen) atoms. The molecule has 1 aliphatic carbocycles. The summed E-state index contributed by atoms with van der Waals surface area (Å²) in [4.78, 5) is 2.70. The van der Waals surface area contributed by atoms with E-state index < -0.39 is 0 Å². The second kappa shape index (κ2) is 8.17. The Bertz CT molecular complexity index is 844. The van der Waals surface area contributed by atoms with Gasteiger partial charge in [-0.25, -0.2) is 4.39 Å². The summed E-state index contributed by atoms with van der Waals surface area (Å²) < 4.78 is 19.0. The van der Waals surface area contributed by atoms with Gasteiger partial charge in [-0.1, -0.05) is 11.6 Å². The van der Waals surface area contributed by atoms with E-state index in [1.807, 2.05) is 12.1 Å². The van der Waals surface area contributed by atoms with Crippen molar-refractivity contribution in [3.63, 3.8) is 0 Å². The van der Waals surface area contributed by atoms with Gasteiger partial charge in [-0.3, -0.25) is 4.90 Å². The third-order valence-corrected chi connectivity index (χ3v) is 7.04. The maximum Gasteiger partial charge on any atom is 0.148 e. The van der Waals surface area contributed by atoms with Crippen LogP contribution in [0.2, 0.25) is 5.02 Å². The van der Waals surface area contributed by atoms with Crippen molar-refractivity contribution in [1.29, 1.82) is 0 Å². The molecule has 3 fully saturated rings. The summed E-state index contributed by atoms with van der Waals surface area (Å²) in [6.07, 6.45) is 4.73. The number of hydrogen-bond acceptors (Lipinski definition) is 5. The lowest BCUT2D eigenvalue weighted by molar-refractivity contribution is 0.0396. The molecule has 0 spiro atoms. The van der Waals surface area contributed by atoms with E-state index in [9.17, 15) is 4.39 Å². The number of halogens is 2. The Morgan fingerprint density at radius 3 is 2.48 bits per heavy atom. The van der Waals surface area contributed by atoms with Gasteiger partial charge in [0.05, 0.1) is 10.7 Å². The number of ether oxygens (including phenoxy) is 1. The van der Waals surface area contributed by atoms with E-state index in [2.05, 4.69) is 20.4 Å². The van der Waals surface area contributed by atoms with E-state index in [1.165, 1.54) is 50.9 Å². The first-order chi connectivity index (χ1) is 14.2. The molecule has 0 unspecified atom stereocenters. The standard InChI is InChI=1S/C22H26ClFN4O/c23-20-2-1-16(24)11-19(20)21-3-4-22(27-26-21)25-17-9-14-12-28(13-15(14)10-17)18-5-7-29-8-6-18/h1-4,11,14-15,17-18H,5-10,12-13H2,(H,25,27)/t14-,15+,17-. The van der Waals surface area contributed by atoms with Crippen LogP contribution in [0.3, 0.4) is 0 Å². The summed E-state index contributed by atoms with van der Waals surface area (Å²) >= 11 is 6.17. The Kier molecular flexibility index (Phi) is 5.41. The molecular formula is C22H26ClFN4O. The lowest BCUT2D eigenvalue weighted by Crippen LogP contribution is -2.39. The van der Waals surface area contributed by atoms with Gasteiger partial charge < -0.3 is 10.1 Å². The highest BCUT2D eigenvalue weighted by molar-refractivity contribution is 6.33. The van der Waals surface area contributed by atoms with Crippen LogP contribution in [0.4, 0.5) is 10.2 Å². The van der Waals surface area contributed by atoms with Crippen molar-refractivity contribution in [2.75, 3.05) is 31.6 Å². The van der Waals surface area contributed by atoms with Gasteiger partial charge in [-0.05, 0) is 67.9 Å². The first-order valence-electron chi connectivity index (χ1n) is 10.5. The van der Waals surface area contributed by atoms with Crippen molar-refractivity contribution in [1.82, 2.24) is 15.1 Å². The minimum Gasteiger partial charge on any atom is -0.381 e. The first kappa shape index (κ1) is 19.2. The third kappa shape index (κ3) is 4.11. The molecule has 3 heterocycles. The number of rotatable bonds is 4. The average molecular weight is 417 g/mol. The van der Waals surface area contributed by atoms with Crippen molar-refractivity contribution in [3.05, 3.63) is 41.2 Å². The highest BCUT2D eigenvalue weighted by Gasteiger charge is 2.42. The van der Waals surface area contributed by atoms with Crippen LogP contribution in [-0.4, -0.2) is 53.5 Å². The zero-order valence-corrected chi connectivity index (χ0v) is 17.1. The largest absolute Gasteiger partial charge is 0.381 e. The Labute approximate surface area is 175 Å². The Morgan fingerprint density at radius 2 is 1.79 bits per heavy atom. The minimum atomic E-state index is -0.333. The molecule has 1 aromatic heterocycles. The molecule has 2 saturated heterocycles. The number of fused-ring (bicyclic) bond motifs is 1. The van der Waals surface area contributed by atoms with Crippen LogP contribution in [0.15, 0.2) is 30.3 Å². The number of nitrogens with zero attached hydrogens (tertiary/aromatic N) is 3. The smallest absolute Gasteiger partial charge is 0.148 e. The highest BCUT2D eigenvalue weighted by Crippen LogP contribution is 2.40. The summed E-state index contributed by atoms with van der Waals surface area (Å²) in [5.74, 6) is 1.98. The van der Waals surface area contributed by atoms with Crippen LogP contribution < -0.4 is 5.32 Å². The lowest BCUT2D eigenvalue weighted by Gasteiger charge is -2.32. The van der Waals surface area contributed by atoms with Gasteiger partial charge in [0.2, 0.25) is 0 Å². The van der Waals surface area contributed by atoms with E-state index in [0.717, 1.165) is 30.9 Å². The lowest BCUT2D eigenvalue weighted by atomic mass is 10.0.